The highest BCUT2D eigenvalue weighted by Gasteiger charge is 2.30. The van der Waals surface area contributed by atoms with Gasteiger partial charge in [0.25, 0.3) is 0 Å². The van der Waals surface area contributed by atoms with E-state index >= 15 is 0 Å². The van der Waals surface area contributed by atoms with Crippen LogP contribution < -0.4 is 0 Å². The Hall–Kier alpha value is -1.68. The highest BCUT2D eigenvalue weighted by atomic mass is 19.1. The van der Waals surface area contributed by atoms with Gasteiger partial charge in [0.1, 0.15) is 12.1 Å². The predicted molar refractivity (Wildman–Crippen MR) is 74.8 cm³/mol. The highest BCUT2D eigenvalue weighted by molar-refractivity contribution is 5.22. The smallest absolute Gasteiger partial charge is 0.196 e. The second-order valence-electron chi connectivity index (χ2n) is 5.66. The molecule has 1 atom stereocenters. The largest absolute Gasteiger partial charge is 0.448 e. The normalized spacial score (nSPS) is 19.3. The zero-order valence-electron chi connectivity index (χ0n) is 11.8. The molecule has 0 aliphatic carbocycles. The molecule has 1 fully saturated rings. The van der Waals surface area contributed by atoms with Crippen molar-refractivity contribution in [1.82, 2.24) is 9.88 Å². The van der Waals surface area contributed by atoms with Crippen LogP contribution in [-0.2, 0) is 6.54 Å². The van der Waals surface area contributed by atoms with E-state index in [0.717, 1.165) is 31.1 Å². The summed E-state index contributed by atoms with van der Waals surface area (Å²) >= 11 is 0. The minimum absolute atomic E-state index is 0.183. The van der Waals surface area contributed by atoms with Gasteiger partial charge in [-0.1, -0.05) is 26.0 Å². The van der Waals surface area contributed by atoms with E-state index in [2.05, 4.69) is 23.7 Å². The first kappa shape index (κ1) is 13.3. The minimum atomic E-state index is -0.183. The molecule has 0 N–H and O–H groups in total. The Labute approximate surface area is 118 Å². The van der Waals surface area contributed by atoms with Gasteiger partial charge in [-0.2, -0.15) is 0 Å². The van der Waals surface area contributed by atoms with Crippen LogP contribution in [0.1, 0.15) is 49.4 Å². The Morgan fingerprint density at radius 3 is 2.65 bits per heavy atom. The van der Waals surface area contributed by atoms with Crippen LogP contribution in [0.15, 0.2) is 34.9 Å². The highest BCUT2D eigenvalue weighted by Crippen LogP contribution is 2.34. The SMILES string of the molecule is CC(C)c1nc(CN2CC[C@@H]2c2ccc(F)cc2)co1. The summed E-state index contributed by atoms with van der Waals surface area (Å²) in [6.07, 6.45) is 2.86. The molecule has 106 valence electrons. The summed E-state index contributed by atoms with van der Waals surface area (Å²) in [4.78, 5) is 6.85. The van der Waals surface area contributed by atoms with E-state index < -0.39 is 0 Å². The molecule has 1 aliphatic rings. The number of rotatable bonds is 4. The van der Waals surface area contributed by atoms with Gasteiger partial charge in [-0.15, -0.1) is 0 Å². The maximum Gasteiger partial charge on any atom is 0.196 e. The number of hydrogen-bond acceptors (Lipinski definition) is 3. The molecular formula is C16H19FN2O. The topological polar surface area (TPSA) is 29.3 Å². The predicted octanol–water partition coefficient (Wildman–Crippen LogP) is 3.88. The first-order chi connectivity index (χ1) is 9.63. The molecule has 0 amide bonds. The molecule has 2 aromatic rings. The molecule has 1 aromatic heterocycles. The molecule has 0 bridgehead atoms. The number of halogens is 1. The Bertz CT molecular complexity index is 576. The van der Waals surface area contributed by atoms with E-state index in [1.807, 2.05) is 12.1 Å². The quantitative estimate of drug-likeness (QED) is 0.847. The molecule has 0 saturated carbocycles. The third kappa shape index (κ3) is 2.61. The van der Waals surface area contributed by atoms with Gasteiger partial charge >= 0.3 is 0 Å². The van der Waals surface area contributed by atoms with Crippen molar-refractivity contribution < 1.29 is 8.81 Å². The molecule has 0 unspecified atom stereocenters. The summed E-state index contributed by atoms with van der Waals surface area (Å²) in [5.41, 5.74) is 2.14. The standard InChI is InChI=1S/C16H19FN2O/c1-11(2)16-18-14(10-20-16)9-19-8-7-15(19)12-3-5-13(17)6-4-12/h3-6,10-11,15H,7-9H2,1-2H3/t15-/m1/s1. The Morgan fingerprint density at radius 1 is 1.35 bits per heavy atom. The molecule has 4 heteroatoms. The minimum Gasteiger partial charge on any atom is -0.448 e. The molecule has 1 aliphatic heterocycles. The lowest BCUT2D eigenvalue weighted by Crippen LogP contribution is -2.40. The van der Waals surface area contributed by atoms with E-state index in [-0.39, 0.29) is 5.82 Å². The zero-order valence-corrected chi connectivity index (χ0v) is 11.8. The van der Waals surface area contributed by atoms with Crippen LogP contribution >= 0.6 is 0 Å². The molecule has 3 rings (SSSR count). The van der Waals surface area contributed by atoms with Crippen molar-refractivity contribution in [2.75, 3.05) is 6.54 Å². The number of benzene rings is 1. The van der Waals surface area contributed by atoms with Crippen molar-refractivity contribution in [2.24, 2.45) is 0 Å². The van der Waals surface area contributed by atoms with Crippen LogP contribution in [0.2, 0.25) is 0 Å². The number of oxazole rings is 1. The number of hydrogen-bond donors (Lipinski definition) is 0. The Kier molecular flexibility index (Phi) is 3.57. The summed E-state index contributed by atoms with van der Waals surface area (Å²) < 4.78 is 18.4. The molecule has 0 radical (unpaired) electrons. The van der Waals surface area contributed by atoms with Crippen LogP contribution in [0, 0.1) is 5.82 Å². The van der Waals surface area contributed by atoms with Crippen molar-refractivity contribution >= 4 is 0 Å². The van der Waals surface area contributed by atoms with E-state index in [9.17, 15) is 4.39 Å². The molecule has 0 spiro atoms. The molecule has 2 heterocycles. The summed E-state index contributed by atoms with van der Waals surface area (Å²) in [5, 5.41) is 0. The fourth-order valence-corrected chi connectivity index (χ4v) is 2.56. The van der Waals surface area contributed by atoms with E-state index in [0.29, 0.717) is 12.0 Å². The van der Waals surface area contributed by atoms with Crippen molar-refractivity contribution in [3.63, 3.8) is 0 Å². The van der Waals surface area contributed by atoms with E-state index in [1.165, 1.54) is 17.7 Å². The van der Waals surface area contributed by atoms with E-state index in [1.54, 1.807) is 6.26 Å². The molecule has 20 heavy (non-hydrogen) atoms. The fraction of sp³-hybridized carbons (Fsp3) is 0.438. The lowest BCUT2D eigenvalue weighted by molar-refractivity contribution is 0.0803. The van der Waals surface area contributed by atoms with Gasteiger partial charge in [0.15, 0.2) is 5.89 Å². The average Bonchev–Trinajstić information content (AvgIpc) is 2.86. The Morgan fingerprint density at radius 2 is 2.10 bits per heavy atom. The number of aromatic nitrogens is 1. The lowest BCUT2D eigenvalue weighted by atomic mass is 9.94. The van der Waals surface area contributed by atoms with Crippen LogP contribution in [0.4, 0.5) is 4.39 Å². The van der Waals surface area contributed by atoms with Crippen LogP contribution in [0.25, 0.3) is 0 Å². The van der Waals surface area contributed by atoms with Crippen molar-refractivity contribution in [3.8, 4) is 0 Å². The van der Waals surface area contributed by atoms with Gasteiger partial charge in [0, 0.05) is 25.0 Å². The van der Waals surface area contributed by atoms with E-state index in [4.69, 9.17) is 4.42 Å². The van der Waals surface area contributed by atoms with Crippen molar-refractivity contribution in [2.45, 2.75) is 38.8 Å². The lowest BCUT2D eigenvalue weighted by Gasteiger charge is -2.40. The fourth-order valence-electron chi connectivity index (χ4n) is 2.56. The summed E-state index contributed by atoms with van der Waals surface area (Å²) in [6.45, 7) is 5.98. The second-order valence-corrected chi connectivity index (χ2v) is 5.66. The maximum atomic E-state index is 13.0. The first-order valence-corrected chi connectivity index (χ1v) is 7.07. The van der Waals surface area contributed by atoms with Gasteiger partial charge in [0.05, 0.1) is 5.69 Å². The zero-order chi connectivity index (χ0) is 14.1. The average molecular weight is 274 g/mol. The van der Waals surface area contributed by atoms with Gasteiger partial charge in [0.2, 0.25) is 0 Å². The van der Waals surface area contributed by atoms with Crippen LogP contribution in [0.5, 0.6) is 0 Å². The van der Waals surface area contributed by atoms with Crippen molar-refractivity contribution in [1.29, 1.82) is 0 Å². The Balaban J connectivity index is 1.67. The summed E-state index contributed by atoms with van der Waals surface area (Å²) in [5.74, 6) is 0.921. The third-order valence-electron chi connectivity index (χ3n) is 3.81. The van der Waals surface area contributed by atoms with Gasteiger partial charge in [-0.3, -0.25) is 4.90 Å². The summed E-state index contributed by atoms with van der Waals surface area (Å²) in [6, 6.07) is 7.16. The first-order valence-electron chi connectivity index (χ1n) is 7.07. The maximum absolute atomic E-state index is 13.0. The molecule has 1 aromatic carbocycles. The monoisotopic (exact) mass is 274 g/mol. The molecular weight excluding hydrogens is 255 g/mol. The number of likely N-dealkylation sites (tertiary alicyclic amines) is 1. The second kappa shape index (κ2) is 5.37. The van der Waals surface area contributed by atoms with Gasteiger partial charge in [-0.25, -0.2) is 9.37 Å². The van der Waals surface area contributed by atoms with Gasteiger partial charge in [-0.05, 0) is 24.1 Å². The number of nitrogens with zero attached hydrogens (tertiary/aromatic N) is 2. The van der Waals surface area contributed by atoms with Crippen LogP contribution in [0.3, 0.4) is 0 Å². The molecule has 3 nitrogen and oxygen atoms in total. The molecule has 1 saturated heterocycles. The third-order valence-corrected chi connectivity index (χ3v) is 3.81. The van der Waals surface area contributed by atoms with Crippen LogP contribution in [-0.4, -0.2) is 16.4 Å². The summed E-state index contributed by atoms with van der Waals surface area (Å²) in [7, 11) is 0. The van der Waals surface area contributed by atoms with Crippen molar-refractivity contribution in [3.05, 3.63) is 53.5 Å². The van der Waals surface area contributed by atoms with Gasteiger partial charge < -0.3 is 4.42 Å².